The molecule has 2 aromatic heterocycles. The van der Waals surface area contributed by atoms with Crippen molar-refractivity contribution in [1.82, 2.24) is 9.97 Å². The molecule has 1 saturated heterocycles. The van der Waals surface area contributed by atoms with E-state index < -0.39 is 11.9 Å². The molecule has 0 bridgehead atoms. The van der Waals surface area contributed by atoms with Crippen molar-refractivity contribution in [3.63, 3.8) is 0 Å². The Morgan fingerprint density at radius 2 is 2.04 bits per heavy atom. The van der Waals surface area contributed by atoms with Crippen LogP contribution in [0.1, 0.15) is 36.7 Å². The van der Waals surface area contributed by atoms with Gasteiger partial charge in [0.2, 0.25) is 0 Å². The van der Waals surface area contributed by atoms with Gasteiger partial charge in [0.25, 0.3) is 0 Å². The maximum Gasteiger partial charge on any atom is 0.433 e. The molecule has 2 aromatic rings. The van der Waals surface area contributed by atoms with Crippen molar-refractivity contribution in [2.45, 2.75) is 26.1 Å². The molecule has 0 saturated carbocycles. The van der Waals surface area contributed by atoms with Crippen LogP contribution in [0.15, 0.2) is 36.7 Å². The van der Waals surface area contributed by atoms with Crippen molar-refractivity contribution in [3.8, 4) is 6.07 Å². The lowest BCUT2D eigenvalue weighted by Gasteiger charge is -2.55. The van der Waals surface area contributed by atoms with Crippen LogP contribution in [0.25, 0.3) is 0 Å². The first-order chi connectivity index (χ1) is 11.2. The minimum absolute atomic E-state index is 0.0699. The average Bonchev–Trinajstić information content (AvgIpc) is 2.52. The summed E-state index contributed by atoms with van der Waals surface area (Å²) in [5.74, 6) is 0.0699. The number of hydrogen-bond donors (Lipinski definition) is 0. The van der Waals surface area contributed by atoms with Gasteiger partial charge >= 0.3 is 6.18 Å². The molecule has 0 radical (unpaired) electrons. The quantitative estimate of drug-likeness (QED) is 0.835. The molecule has 3 heterocycles. The van der Waals surface area contributed by atoms with Crippen LogP contribution >= 0.6 is 0 Å². The van der Waals surface area contributed by atoms with Gasteiger partial charge in [0, 0.05) is 24.4 Å². The third-order valence-corrected chi connectivity index (χ3v) is 4.19. The Bertz CT molecular complexity index is 794. The molecule has 0 amide bonds. The molecule has 0 unspecified atom stereocenters. The van der Waals surface area contributed by atoms with Crippen LogP contribution in [0, 0.1) is 16.7 Å². The molecule has 7 heteroatoms. The van der Waals surface area contributed by atoms with E-state index in [4.69, 9.17) is 0 Å². The van der Waals surface area contributed by atoms with Gasteiger partial charge in [-0.1, -0.05) is 19.9 Å². The molecule has 1 fully saturated rings. The minimum atomic E-state index is -4.55. The zero-order chi connectivity index (χ0) is 17.5. The highest BCUT2D eigenvalue weighted by molar-refractivity contribution is 5.59. The Labute approximate surface area is 137 Å². The van der Waals surface area contributed by atoms with Crippen LogP contribution in [0.5, 0.6) is 0 Å². The van der Waals surface area contributed by atoms with Gasteiger partial charge in [0.1, 0.15) is 17.6 Å². The summed E-state index contributed by atoms with van der Waals surface area (Å²) in [6, 6.07) is 7.43. The summed E-state index contributed by atoms with van der Waals surface area (Å²) >= 11 is 0. The Kier molecular flexibility index (Phi) is 3.71. The summed E-state index contributed by atoms with van der Waals surface area (Å²) in [6.45, 7) is 4.57. The summed E-state index contributed by atoms with van der Waals surface area (Å²) in [5.41, 5.74) is -0.138. The summed E-state index contributed by atoms with van der Waals surface area (Å²) in [6.07, 6.45) is -1.21. The molecule has 0 N–H and O–H groups in total. The molecule has 24 heavy (non-hydrogen) atoms. The molecular weight excluding hydrogens is 317 g/mol. The van der Waals surface area contributed by atoms with Gasteiger partial charge in [-0.05, 0) is 23.8 Å². The predicted octanol–water partition coefficient (Wildman–Crippen LogP) is 3.95. The second kappa shape index (κ2) is 5.48. The fourth-order valence-corrected chi connectivity index (χ4v) is 3.20. The minimum Gasteiger partial charge on any atom is -0.347 e. The van der Waals surface area contributed by atoms with Crippen molar-refractivity contribution >= 4 is 5.82 Å². The van der Waals surface area contributed by atoms with Gasteiger partial charge in [-0.3, -0.25) is 4.98 Å². The largest absolute Gasteiger partial charge is 0.433 e. The summed E-state index contributed by atoms with van der Waals surface area (Å²) in [5, 5.41) is 9.26. The van der Waals surface area contributed by atoms with Gasteiger partial charge in [-0.2, -0.15) is 18.4 Å². The Morgan fingerprint density at radius 1 is 1.29 bits per heavy atom. The molecule has 4 nitrogen and oxygen atoms in total. The number of nitriles is 1. The van der Waals surface area contributed by atoms with Crippen LogP contribution in [0.4, 0.5) is 19.0 Å². The second-order valence-corrected chi connectivity index (χ2v) is 6.48. The van der Waals surface area contributed by atoms with Crippen molar-refractivity contribution in [2.75, 3.05) is 11.4 Å². The normalized spacial score (nSPS) is 19.5. The predicted molar refractivity (Wildman–Crippen MR) is 82.1 cm³/mol. The molecule has 1 atom stereocenters. The average molecular weight is 332 g/mol. The third kappa shape index (κ3) is 2.68. The molecule has 0 aliphatic carbocycles. The number of hydrogen-bond acceptors (Lipinski definition) is 4. The summed E-state index contributed by atoms with van der Waals surface area (Å²) in [4.78, 5) is 9.57. The van der Waals surface area contributed by atoms with E-state index in [0.717, 1.165) is 11.6 Å². The number of pyridine rings is 2. The zero-order valence-electron chi connectivity index (χ0n) is 13.2. The van der Waals surface area contributed by atoms with Crippen LogP contribution in [-0.4, -0.2) is 16.5 Å². The number of aromatic nitrogens is 2. The third-order valence-electron chi connectivity index (χ3n) is 4.19. The van der Waals surface area contributed by atoms with Crippen LogP contribution in [0.2, 0.25) is 0 Å². The lowest BCUT2D eigenvalue weighted by Crippen LogP contribution is -2.56. The highest BCUT2D eigenvalue weighted by Gasteiger charge is 2.48. The fraction of sp³-hybridized carbons (Fsp3) is 0.353. The van der Waals surface area contributed by atoms with Crippen LogP contribution < -0.4 is 4.90 Å². The maximum atomic E-state index is 13.0. The van der Waals surface area contributed by atoms with Crippen molar-refractivity contribution in [3.05, 3.63) is 53.5 Å². The van der Waals surface area contributed by atoms with E-state index in [0.29, 0.717) is 6.54 Å². The van der Waals surface area contributed by atoms with Gasteiger partial charge in [0.05, 0.1) is 11.6 Å². The zero-order valence-corrected chi connectivity index (χ0v) is 13.2. The fourth-order valence-electron chi connectivity index (χ4n) is 3.20. The first-order valence-corrected chi connectivity index (χ1v) is 7.39. The molecule has 1 aliphatic heterocycles. The number of rotatable bonds is 2. The first-order valence-electron chi connectivity index (χ1n) is 7.39. The van der Waals surface area contributed by atoms with Crippen molar-refractivity contribution in [2.24, 2.45) is 5.41 Å². The number of anilines is 1. The summed E-state index contributed by atoms with van der Waals surface area (Å²) < 4.78 is 39.0. The van der Waals surface area contributed by atoms with Gasteiger partial charge in [-0.25, -0.2) is 4.98 Å². The maximum absolute atomic E-state index is 13.0. The van der Waals surface area contributed by atoms with Crippen LogP contribution in [-0.2, 0) is 6.18 Å². The highest BCUT2D eigenvalue weighted by atomic mass is 19.4. The van der Waals surface area contributed by atoms with E-state index in [1.165, 1.54) is 6.07 Å². The van der Waals surface area contributed by atoms with Crippen molar-refractivity contribution < 1.29 is 13.2 Å². The SMILES string of the molecule is CC1(C)CN(c2nc(C(F)(F)F)ccc2C#N)[C@H]1c1cccnc1. The molecule has 3 rings (SSSR count). The van der Waals surface area contributed by atoms with Gasteiger partial charge in [0.15, 0.2) is 0 Å². The van der Waals surface area contributed by atoms with Crippen molar-refractivity contribution in [1.29, 1.82) is 5.26 Å². The van der Waals surface area contributed by atoms with Gasteiger partial charge < -0.3 is 4.90 Å². The van der Waals surface area contributed by atoms with E-state index >= 15 is 0 Å². The Balaban J connectivity index is 2.07. The highest BCUT2D eigenvalue weighted by Crippen LogP contribution is 2.50. The smallest absolute Gasteiger partial charge is 0.347 e. The molecule has 0 aromatic carbocycles. The van der Waals surface area contributed by atoms with Gasteiger partial charge in [-0.15, -0.1) is 0 Å². The van der Waals surface area contributed by atoms with E-state index in [1.807, 2.05) is 26.0 Å². The van der Waals surface area contributed by atoms with E-state index in [2.05, 4.69) is 9.97 Å². The van der Waals surface area contributed by atoms with E-state index in [9.17, 15) is 18.4 Å². The summed E-state index contributed by atoms with van der Waals surface area (Å²) in [7, 11) is 0. The standard InChI is InChI=1S/C17H15F3N4/c1-16(2)10-24(14(16)12-4-3-7-22-9-12)15-11(8-21)5-6-13(23-15)17(18,19)20/h3-7,9,14H,10H2,1-2H3/t14-/m0/s1. The molecule has 124 valence electrons. The molecular formula is C17H15F3N4. The molecule has 1 aliphatic rings. The number of nitrogens with zero attached hydrogens (tertiary/aromatic N) is 4. The van der Waals surface area contributed by atoms with Crippen LogP contribution in [0.3, 0.4) is 0 Å². The molecule has 0 spiro atoms. The van der Waals surface area contributed by atoms with E-state index in [-0.39, 0.29) is 22.8 Å². The monoisotopic (exact) mass is 332 g/mol. The lowest BCUT2D eigenvalue weighted by atomic mass is 9.72. The Morgan fingerprint density at radius 3 is 2.58 bits per heavy atom. The second-order valence-electron chi connectivity index (χ2n) is 6.48. The Hall–Kier alpha value is -2.62. The number of halogens is 3. The van der Waals surface area contributed by atoms with E-state index in [1.54, 1.807) is 23.4 Å². The lowest BCUT2D eigenvalue weighted by molar-refractivity contribution is -0.141. The first kappa shape index (κ1) is 16.2. The topological polar surface area (TPSA) is 52.8 Å². The number of alkyl halides is 3.